The van der Waals surface area contributed by atoms with Crippen molar-refractivity contribution in [3.8, 4) is 0 Å². The Morgan fingerprint density at radius 2 is 1.72 bits per heavy atom. The predicted octanol–water partition coefficient (Wildman–Crippen LogP) is 3.93. The van der Waals surface area contributed by atoms with Gasteiger partial charge < -0.3 is 15.0 Å². The van der Waals surface area contributed by atoms with E-state index < -0.39 is 5.97 Å². The molecule has 2 aromatic rings. The topological polar surface area (TPSA) is 58.6 Å². The number of carbonyl (C=O) groups excluding carboxylic acids is 2. The summed E-state index contributed by atoms with van der Waals surface area (Å²) in [6.07, 6.45) is 0. The summed E-state index contributed by atoms with van der Waals surface area (Å²) in [6, 6.07) is 10.8. The van der Waals surface area contributed by atoms with E-state index in [-0.39, 0.29) is 12.5 Å². The molecule has 0 atom stereocenters. The molecule has 0 saturated carbocycles. The molecule has 0 aliphatic rings. The Morgan fingerprint density at radius 1 is 1.08 bits per heavy atom. The highest BCUT2D eigenvalue weighted by Crippen LogP contribution is 2.24. The smallest absolute Gasteiger partial charge is 0.338 e. The molecule has 6 heteroatoms. The fourth-order valence-corrected chi connectivity index (χ4v) is 2.67. The van der Waals surface area contributed by atoms with Crippen molar-refractivity contribution in [2.75, 3.05) is 30.9 Å². The number of rotatable bonds is 5. The standard InChI is InChI=1S/C19H21BrN2O3/c1-12-10-17(13(2)9-16(12)20)21-18(23)11-25-19(24)14-5-7-15(8-6-14)22(3)4/h5-10H,11H2,1-4H3,(H,21,23). The summed E-state index contributed by atoms with van der Waals surface area (Å²) < 4.78 is 6.06. The van der Waals surface area contributed by atoms with Crippen LogP contribution in [0.1, 0.15) is 21.5 Å². The zero-order valence-electron chi connectivity index (χ0n) is 14.7. The molecule has 0 fully saturated rings. The molecule has 0 aliphatic carbocycles. The van der Waals surface area contributed by atoms with E-state index in [4.69, 9.17) is 4.74 Å². The van der Waals surface area contributed by atoms with E-state index in [0.29, 0.717) is 11.3 Å². The first kappa shape index (κ1) is 19.0. The van der Waals surface area contributed by atoms with Crippen molar-refractivity contribution in [2.24, 2.45) is 0 Å². The zero-order valence-corrected chi connectivity index (χ0v) is 16.3. The lowest BCUT2D eigenvalue weighted by molar-refractivity contribution is -0.119. The van der Waals surface area contributed by atoms with Gasteiger partial charge in [0.25, 0.3) is 5.91 Å². The maximum Gasteiger partial charge on any atom is 0.338 e. The van der Waals surface area contributed by atoms with Crippen LogP contribution in [0.2, 0.25) is 0 Å². The fourth-order valence-electron chi connectivity index (χ4n) is 2.21. The van der Waals surface area contributed by atoms with Crippen molar-refractivity contribution in [1.82, 2.24) is 0 Å². The first-order chi connectivity index (χ1) is 11.8. The summed E-state index contributed by atoms with van der Waals surface area (Å²) >= 11 is 3.45. The van der Waals surface area contributed by atoms with Gasteiger partial charge in [0.15, 0.2) is 6.61 Å². The van der Waals surface area contributed by atoms with Gasteiger partial charge in [0.1, 0.15) is 0 Å². The molecule has 0 aliphatic heterocycles. The van der Waals surface area contributed by atoms with Gasteiger partial charge in [0.05, 0.1) is 5.56 Å². The van der Waals surface area contributed by atoms with E-state index in [9.17, 15) is 9.59 Å². The van der Waals surface area contributed by atoms with E-state index in [2.05, 4.69) is 21.2 Å². The van der Waals surface area contributed by atoms with Crippen LogP contribution in [0.3, 0.4) is 0 Å². The summed E-state index contributed by atoms with van der Waals surface area (Å²) in [5.41, 5.74) is 4.04. The molecule has 2 aromatic carbocycles. The number of carbonyl (C=O) groups is 2. The third-order valence-electron chi connectivity index (χ3n) is 3.73. The van der Waals surface area contributed by atoms with Crippen LogP contribution in [0.5, 0.6) is 0 Å². The lowest BCUT2D eigenvalue weighted by Gasteiger charge is -2.13. The summed E-state index contributed by atoms with van der Waals surface area (Å²) in [6.45, 7) is 3.51. The number of nitrogens with one attached hydrogen (secondary N) is 1. The van der Waals surface area contributed by atoms with Crippen molar-refractivity contribution in [1.29, 1.82) is 0 Å². The first-order valence-electron chi connectivity index (χ1n) is 7.79. The van der Waals surface area contributed by atoms with Crippen LogP contribution in [0, 0.1) is 13.8 Å². The van der Waals surface area contributed by atoms with Crippen molar-refractivity contribution in [3.63, 3.8) is 0 Å². The average molecular weight is 405 g/mol. The van der Waals surface area contributed by atoms with Crippen LogP contribution >= 0.6 is 15.9 Å². The highest BCUT2D eigenvalue weighted by molar-refractivity contribution is 9.10. The van der Waals surface area contributed by atoms with Gasteiger partial charge in [0, 0.05) is 29.9 Å². The molecule has 0 radical (unpaired) electrons. The van der Waals surface area contributed by atoms with Crippen molar-refractivity contribution in [3.05, 3.63) is 57.6 Å². The Balaban J connectivity index is 1.93. The fraction of sp³-hybridized carbons (Fsp3) is 0.263. The molecular weight excluding hydrogens is 384 g/mol. The van der Waals surface area contributed by atoms with Crippen LogP contribution in [0.4, 0.5) is 11.4 Å². The normalized spacial score (nSPS) is 10.3. The molecule has 1 N–H and O–H groups in total. The van der Waals surface area contributed by atoms with Gasteiger partial charge in [-0.3, -0.25) is 4.79 Å². The number of amides is 1. The molecule has 0 spiro atoms. The second-order valence-electron chi connectivity index (χ2n) is 5.98. The predicted molar refractivity (Wildman–Crippen MR) is 103 cm³/mol. The van der Waals surface area contributed by atoms with Gasteiger partial charge >= 0.3 is 5.97 Å². The summed E-state index contributed by atoms with van der Waals surface area (Å²) in [5, 5.41) is 2.77. The third kappa shape index (κ3) is 5.06. The maximum atomic E-state index is 12.0. The quantitative estimate of drug-likeness (QED) is 0.766. The first-order valence-corrected chi connectivity index (χ1v) is 8.58. The van der Waals surface area contributed by atoms with E-state index >= 15 is 0 Å². The third-order valence-corrected chi connectivity index (χ3v) is 4.59. The molecular formula is C19H21BrN2O3. The van der Waals surface area contributed by atoms with Gasteiger partial charge in [-0.1, -0.05) is 15.9 Å². The highest BCUT2D eigenvalue weighted by Gasteiger charge is 2.12. The van der Waals surface area contributed by atoms with E-state index in [1.165, 1.54) is 0 Å². The molecule has 1 amide bonds. The second kappa shape index (κ2) is 8.16. The minimum absolute atomic E-state index is 0.331. The Labute approximate surface area is 156 Å². The summed E-state index contributed by atoms with van der Waals surface area (Å²) in [7, 11) is 3.84. The Kier molecular flexibility index (Phi) is 6.20. The highest BCUT2D eigenvalue weighted by atomic mass is 79.9. The number of nitrogens with zero attached hydrogens (tertiary/aromatic N) is 1. The van der Waals surface area contributed by atoms with Gasteiger partial charge in [-0.05, 0) is 61.4 Å². The molecule has 2 rings (SSSR count). The van der Waals surface area contributed by atoms with Gasteiger partial charge in [-0.2, -0.15) is 0 Å². The van der Waals surface area contributed by atoms with E-state index in [1.54, 1.807) is 12.1 Å². The lowest BCUT2D eigenvalue weighted by atomic mass is 10.1. The van der Waals surface area contributed by atoms with Crippen molar-refractivity contribution in [2.45, 2.75) is 13.8 Å². The number of esters is 1. The summed E-state index contributed by atoms with van der Waals surface area (Å²) in [5.74, 6) is -0.896. The van der Waals surface area contributed by atoms with E-state index in [0.717, 1.165) is 21.3 Å². The SMILES string of the molecule is Cc1cc(NC(=O)COC(=O)c2ccc(N(C)C)cc2)c(C)cc1Br. The molecule has 25 heavy (non-hydrogen) atoms. The molecule has 0 bridgehead atoms. The number of benzene rings is 2. The zero-order chi connectivity index (χ0) is 18.6. The largest absolute Gasteiger partial charge is 0.452 e. The van der Waals surface area contributed by atoms with Crippen LogP contribution in [-0.4, -0.2) is 32.6 Å². The number of anilines is 2. The Morgan fingerprint density at radius 3 is 2.32 bits per heavy atom. The molecule has 0 aromatic heterocycles. The van der Waals surface area contributed by atoms with Crippen LogP contribution in [-0.2, 0) is 9.53 Å². The number of hydrogen-bond acceptors (Lipinski definition) is 4. The minimum Gasteiger partial charge on any atom is -0.452 e. The monoisotopic (exact) mass is 404 g/mol. The lowest BCUT2D eigenvalue weighted by Crippen LogP contribution is -2.21. The maximum absolute atomic E-state index is 12.0. The number of hydrogen-bond donors (Lipinski definition) is 1. The van der Waals surface area contributed by atoms with Crippen molar-refractivity contribution < 1.29 is 14.3 Å². The van der Waals surface area contributed by atoms with E-state index in [1.807, 2.05) is 57.1 Å². The van der Waals surface area contributed by atoms with Crippen LogP contribution < -0.4 is 10.2 Å². The number of halogens is 1. The average Bonchev–Trinajstić information content (AvgIpc) is 2.57. The molecule has 5 nitrogen and oxygen atoms in total. The van der Waals surface area contributed by atoms with Crippen molar-refractivity contribution >= 4 is 39.2 Å². The van der Waals surface area contributed by atoms with Crippen LogP contribution in [0.25, 0.3) is 0 Å². The number of ether oxygens (including phenoxy) is 1. The van der Waals surface area contributed by atoms with Gasteiger partial charge in [-0.15, -0.1) is 0 Å². The molecule has 0 heterocycles. The Hall–Kier alpha value is -2.34. The minimum atomic E-state index is -0.524. The molecule has 0 saturated heterocycles. The Bertz CT molecular complexity index is 786. The second-order valence-corrected chi connectivity index (χ2v) is 6.84. The number of aryl methyl sites for hydroxylation is 2. The van der Waals surface area contributed by atoms with Gasteiger partial charge in [-0.25, -0.2) is 4.79 Å². The molecule has 132 valence electrons. The van der Waals surface area contributed by atoms with Crippen LogP contribution in [0.15, 0.2) is 40.9 Å². The van der Waals surface area contributed by atoms with Gasteiger partial charge in [0.2, 0.25) is 0 Å². The molecule has 0 unspecified atom stereocenters. The summed E-state index contributed by atoms with van der Waals surface area (Å²) in [4.78, 5) is 26.0.